The van der Waals surface area contributed by atoms with Crippen LogP contribution in [0.4, 0.5) is 0 Å². The summed E-state index contributed by atoms with van der Waals surface area (Å²) in [6.07, 6.45) is 9.05. The monoisotopic (exact) mass is 447 g/mol. The molecule has 0 aliphatic heterocycles. The maximum absolute atomic E-state index is 13.7. The largest absolute Gasteiger partial charge is 0.344 e. The predicted molar refractivity (Wildman–Crippen MR) is 131 cm³/mol. The number of amides is 1. The van der Waals surface area contributed by atoms with Gasteiger partial charge in [0.15, 0.2) is 5.65 Å². The number of hydrogen-bond donors (Lipinski definition) is 1. The van der Waals surface area contributed by atoms with Gasteiger partial charge in [0.1, 0.15) is 5.56 Å². The Kier molecular flexibility index (Phi) is 5.19. The molecule has 0 radical (unpaired) electrons. The summed E-state index contributed by atoms with van der Waals surface area (Å²) in [6.45, 7) is 3.61. The van der Waals surface area contributed by atoms with Gasteiger partial charge < -0.3 is 5.32 Å². The smallest absolute Gasteiger partial charge is 0.264 e. The number of nitrogens with zero attached hydrogens (tertiary/aromatic N) is 4. The van der Waals surface area contributed by atoms with Crippen molar-refractivity contribution in [2.24, 2.45) is 0 Å². The van der Waals surface area contributed by atoms with E-state index in [4.69, 9.17) is 6.42 Å². The van der Waals surface area contributed by atoms with E-state index in [-0.39, 0.29) is 11.5 Å². The SMILES string of the molecule is C#Cc1cccc2cc([C@H](C)NC(=O)c3c(C)nn4cccnc34)n(-c3ccccc3)c(=O)c12. The molecule has 0 saturated carbocycles. The highest BCUT2D eigenvalue weighted by molar-refractivity contribution is 6.01. The number of rotatable bonds is 4. The number of terminal acetylenes is 1. The van der Waals surface area contributed by atoms with E-state index in [1.165, 1.54) is 0 Å². The summed E-state index contributed by atoms with van der Waals surface area (Å²) in [5.41, 5.74) is 3.06. The lowest BCUT2D eigenvalue weighted by Gasteiger charge is -2.21. The maximum Gasteiger partial charge on any atom is 0.264 e. The molecule has 0 fully saturated rings. The average molecular weight is 447 g/mol. The zero-order chi connectivity index (χ0) is 23.8. The summed E-state index contributed by atoms with van der Waals surface area (Å²) in [6, 6.07) is 17.9. The number of benzene rings is 2. The summed E-state index contributed by atoms with van der Waals surface area (Å²) in [7, 11) is 0. The first-order valence-corrected chi connectivity index (χ1v) is 10.8. The fraction of sp³-hybridized carbons (Fsp3) is 0.111. The van der Waals surface area contributed by atoms with Crippen LogP contribution in [-0.2, 0) is 0 Å². The number of pyridine rings is 1. The summed E-state index contributed by atoms with van der Waals surface area (Å²) < 4.78 is 3.18. The molecule has 166 valence electrons. The van der Waals surface area contributed by atoms with Crippen LogP contribution in [0.2, 0.25) is 0 Å². The Morgan fingerprint density at radius 3 is 2.68 bits per heavy atom. The Labute approximate surface area is 195 Å². The highest BCUT2D eigenvalue weighted by Gasteiger charge is 2.23. The van der Waals surface area contributed by atoms with Crippen LogP contribution in [-0.4, -0.2) is 25.1 Å². The third-order valence-corrected chi connectivity index (χ3v) is 5.83. The van der Waals surface area contributed by atoms with Crippen molar-refractivity contribution in [3.8, 4) is 18.0 Å². The van der Waals surface area contributed by atoms with E-state index in [1.807, 2.05) is 55.5 Å². The van der Waals surface area contributed by atoms with Gasteiger partial charge in [-0.3, -0.25) is 14.2 Å². The Morgan fingerprint density at radius 2 is 1.91 bits per heavy atom. The van der Waals surface area contributed by atoms with Gasteiger partial charge in [-0.15, -0.1) is 6.42 Å². The summed E-state index contributed by atoms with van der Waals surface area (Å²) in [4.78, 5) is 31.3. The molecule has 5 rings (SSSR count). The molecule has 0 unspecified atom stereocenters. The molecule has 3 heterocycles. The highest BCUT2D eigenvalue weighted by atomic mass is 16.2. The molecular weight excluding hydrogens is 426 g/mol. The number of aryl methyl sites for hydroxylation is 1. The number of aromatic nitrogens is 4. The lowest BCUT2D eigenvalue weighted by atomic mass is 10.0. The van der Waals surface area contributed by atoms with Crippen LogP contribution in [0.15, 0.2) is 77.9 Å². The predicted octanol–water partition coefficient (Wildman–Crippen LogP) is 3.81. The molecule has 5 aromatic rings. The number of fused-ring (bicyclic) bond motifs is 2. The van der Waals surface area contributed by atoms with Crippen LogP contribution in [0.5, 0.6) is 0 Å². The average Bonchev–Trinajstić information content (AvgIpc) is 3.19. The van der Waals surface area contributed by atoms with Crippen LogP contribution < -0.4 is 10.9 Å². The van der Waals surface area contributed by atoms with Gasteiger partial charge in [-0.05, 0) is 49.6 Å². The highest BCUT2D eigenvalue weighted by Crippen LogP contribution is 2.24. The van der Waals surface area contributed by atoms with E-state index >= 15 is 0 Å². The Hall–Kier alpha value is -4.70. The van der Waals surface area contributed by atoms with Crippen molar-refractivity contribution in [2.75, 3.05) is 0 Å². The topological polar surface area (TPSA) is 81.3 Å². The van der Waals surface area contributed by atoms with E-state index in [1.54, 1.807) is 40.5 Å². The molecule has 0 aliphatic rings. The van der Waals surface area contributed by atoms with E-state index < -0.39 is 6.04 Å². The molecule has 0 aliphatic carbocycles. The number of nitrogens with one attached hydrogen (secondary N) is 1. The zero-order valence-electron chi connectivity index (χ0n) is 18.7. The maximum atomic E-state index is 13.7. The minimum atomic E-state index is -0.502. The molecule has 1 amide bonds. The first-order chi connectivity index (χ1) is 16.5. The first-order valence-electron chi connectivity index (χ1n) is 10.8. The molecule has 1 atom stereocenters. The van der Waals surface area contributed by atoms with Gasteiger partial charge in [0, 0.05) is 29.3 Å². The molecule has 34 heavy (non-hydrogen) atoms. The van der Waals surface area contributed by atoms with Crippen LogP contribution in [0.25, 0.3) is 22.1 Å². The van der Waals surface area contributed by atoms with Crippen molar-refractivity contribution < 1.29 is 4.79 Å². The van der Waals surface area contributed by atoms with Crippen molar-refractivity contribution in [2.45, 2.75) is 19.9 Å². The van der Waals surface area contributed by atoms with Gasteiger partial charge in [-0.25, -0.2) is 9.50 Å². The van der Waals surface area contributed by atoms with Gasteiger partial charge in [-0.1, -0.05) is 36.3 Å². The molecular formula is C27H21N5O2. The Bertz CT molecular complexity index is 1660. The normalized spacial score (nSPS) is 11.9. The van der Waals surface area contributed by atoms with Crippen LogP contribution >= 0.6 is 0 Å². The van der Waals surface area contributed by atoms with Gasteiger partial charge in [0.05, 0.1) is 17.1 Å². The van der Waals surface area contributed by atoms with Crippen LogP contribution in [0.1, 0.15) is 40.3 Å². The molecule has 3 aromatic heterocycles. The number of carbonyl (C=O) groups is 1. The van der Waals surface area contributed by atoms with E-state index in [2.05, 4.69) is 21.3 Å². The van der Waals surface area contributed by atoms with Crippen LogP contribution in [0.3, 0.4) is 0 Å². The lowest BCUT2D eigenvalue weighted by Crippen LogP contribution is -2.32. The molecule has 0 spiro atoms. The summed E-state index contributed by atoms with van der Waals surface area (Å²) in [5, 5.41) is 8.59. The second kappa shape index (κ2) is 8.34. The third-order valence-electron chi connectivity index (χ3n) is 5.83. The summed E-state index contributed by atoms with van der Waals surface area (Å²) >= 11 is 0. The quantitative estimate of drug-likeness (QED) is 0.425. The van der Waals surface area contributed by atoms with Gasteiger partial charge in [-0.2, -0.15) is 5.10 Å². The molecule has 7 heteroatoms. The van der Waals surface area contributed by atoms with Crippen molar-refractivity contribution in [1.82, 2.24) is 24.5 Å². The standard InChI is InChI=1S/C27H21N5O2/c1-4-19-10-8-11-20-16-22(32(27(34)24(19)20)21-12-6-5-7-13-21)17(2)29-26(33)23-18(3)30-31-15-9-14-28-25(23)31/h1,5-17H,2-3H3,(H,29,33)/t17-/m0/s1. The second-order valence-corrected chi connectivity index (χ2v) is 8.00. The zero-order valence-corrected chi connectivity index (χ0v) is 18.7. The van der Waals surface area contributed by atoms with Gasteiger partial charge in [0.25, 0.3) is 11.5 Å². The van der Waals surface area contributed by atoms with Gasteiger partial charge in [0.2, 0.25) is 0 Å². The van der Waals surface area contributed by atoms with E-state index in [0.29, 0.717) is 39.2 Å². The minimum Gasteiger partial charge on any atom is -0.344 e. The summed E-state index contributed by atoms with van der Waals surface area (Å²) in [5.74, 6) is 2.30. The molecule has 7 nitrogen and oxygen atoms in total. The van der Waals surface area contributed by atoms with Crippen molar-refractivity contribution >= 4 is 22.3 Å². The van der Waals surface area contributed by atoms with Gasteiger partial charge >= 0.3 is 0 Å². The number of hydrogen-bond acceptors (Lipinski definition) is 4. The third kappa shape index (κ3) is 3.42. The second-order valence-electron chi connectivity index (χ2n) is 8.00. The fourth-order valence-corrected chi connectivity index (χ4v) is 4.27. The molecule has 0 bridgehead atoms. The first kappa shape index (κ1) is 21.2. The van der Waals surface area contributed by atoms with E-state index in [0.717, 1.165) is 5.39 Å². The molecule has 1 N–H and O–H groups in total. The van der Waals surface area contributed by atoms with Crippen LogP contribution in [0, 0.1) is 19.3 Å². The Balaban J connectivity index is 1.65. The number of carbonyl (C=O) groups excluding carboxylic acids is 1. The molecule has 2 aromatic carbocycles. The minimum absolute atomic E-state index is 0.234. The van der Waals surface area contributed by atoms with Crippen molar-refractivity contribution in [3.63, 3.8) is 0 Å². The fourth-order valence-electron chi connectivity index (χ4n) is 4.27. The Morgan fingerprint density at radius 1 is 1.12 bits per heavy atom. The lowest BCUT2D eigenvalue weighted by molar-refractivity contribution is 0.0939. The van der Waals surface area contributed by atoms with E-state index in [9.17, 15) is 9.59 Å². The van der Waals surface area contributed by atoms with Crippen molar-refractivity contribution in [1.29, 1.82) is 0 Å². The number of para-hydroxylation sites is 1. The van der Waals surface area contributed by atoms with Crippen molar-refractivity contribution in [3.05, 3.63) is 106 Å². The molecule has 0 saturated heterocycles.